The largest absolute Gasteiger partial charge is 0.414 e. The van der Waals surface area contributed by atoms with Crippen LogP contribution in [0.4, 0.5) is 0 Å². The lowest BCUT2D eigenvalue weighted by Crippen LogP contribution is -2.79. The van der Waals surface area contributed by atoms with E-state index in [2.05, 4.69) is 115 Å². The fraction of sp³-hybridized carbons (Fsp3) is 0.586. The Labute approximate surface area is 215 Å². The van der Waals surface area contributed by atoms with Crippen LogP contribution >= 0.6 is 0 Å². The van der Waals surface area contributed by atoms with Gasteiger partial charge in [-0.15, -0.1) is 0 Å². The maximum atomic E-state index is 8.05. The number of rotatable bonds is 15. The summed E-state index contributed by atoms with van der Waals surface area (Å²) in [7, 11) is -5.36. The second-order valence-corrected chi connectivity index (χ2v) is 19.8. The van der Waals surface area contributed by atoms with Gasteiger partial charge >= 0.3 is 0 Å². The molecule has 0 aliphatic carbocycles. The van der Waals surface area contributed by atoms with E-state index in [0.717, 1.165) is 44.9 Å². The summed E-state index contributed by atoms with van der Waals surface area (Å²) in [4.78, 5) is 0. The summed E-state index contributed by atoms with van der Waals surface area (Å²) in [6, 6.07) is 22.5. The van der Waals surface area contributed by atoms with Crippen LogP contribution in [0.2, 0.25) is 26.2 Å². The Morgan fingerprint density at radius 3 is 1.44 bits per heavy atom. The first kappa shape index (κ1) is 29.2. The maximum absolute atomic E-state index is 8.05. The van der Waals surface area contributed by atoms with Crippen LogP contribution in [0.1, 0.15) is 72.6 Å². The van der Waals surface area contributed by atoms with E-state index in [1.807, 2.05) is 0 Å². The summed E-state index contributed by atoms with van der Waals surface area (Å²) in [5.74, 6) is 0. The molecule has 0 radical (unpaired) electrons. The molecule has 34 heavy (non-hydrogen) atoms. The molecule has 0 amide bonds. The third-order valence-corrected chi connectivity index (χ3v) is 16.6. The monoisotopic (exact) mass is 514 g/mol. The van der Waals surface area contributed by atoms with Gasteiger partial charge in [-0.3, -0.25) is 0 Å². The molecule has 0 bridgehead atoms. The average Bonchev–Trinajstić information content (AvgIpc) is 2.83. The highest BCUT2D eigenvalue weighted by Gasteiger charge is 2.61. The first-order chi connectivity index (χ1) is 16.3. The summed E-state index contributed by atoms with van der Waals surface area (Å²) >= 11 is 0. The van der Waals surface area contributed by atoms with E-state index in [1.165, 1.54) is 10.4 Å². The van der Waals surface area contributed by atoms with Crippen molar-refractivity contribution in [3.05, 3.63) is 60.7 Å². The molecule has 0 aromatic heterocycles. The molecule has 0 fully saturated rings. The van der Waals surface area contributed by atoms with Crippen LogP contribution < -0.4 is 10.4 Å². The van der Waals surface area contributed by atoms with Crippen molar-refractivity contribution in [3.63, 3.8) is 0 Å². The van der Waals surface area contributed by atoms with E-state index in [9.17, 15) is 0 Å². The van der Waals surface area contributed by atoms with Gasteiger partial charge in [0.15, 0.2) is 9.04 Å². The first-order valence-corrected chi connectivity index (χ1v) is 21.3. The van der Waals surface area contributed by atoms with Gasteiger partial charge in [0, 0.05) is 5.22 Å². The average molecular weight is 515 g/mol. The highest BCUT2D eigenvalue weighted by Crippen LogP contribution is 2.41. The van der Waals surface area contributed by atoms with Gasteiger partial charge in [0.2, 0.25) is 0 Å². The maximum Gasteiger partial charge on any atom is 0.286 e. The zero-order valence-corrected chi connectivity index (χ0v) is 26.5. The molecule has 2 nitrogen and oxygen atoms in total. The van der Waals surface area contributed by atoms with Gasteiger partial charge in [-0.1, -0.05) is 121 Å². The summed E-state index contributed by atoms with van der Waals surface area (Å²) in [5, 5.41) is 2.44. The molecule has 0 aliphatic rings. The predicted octanol–water partition coefficient (Wildman–Crippen LogP) is 6.62. The Morgan fingerprint density at radius 2 is 1.12 bits per heavy atom. The molecule has 2 aromatic rings. The van der Waals surface area contributed by atoms with Gasteiger partial charge < -0.3 is 8.85 Å². The summed E-state index contributed by atoms with van der Waals surface area (Å²) in [6.45, 7) is 19.0. The van der Waals surface area contributed by atoms with Gasteiger partial charge in [-0.05, 0) is 49.2 Å². The molecule has 0 heterocycles. The summed E-state index contributed by atoms with van der Waals surface area (Å²) < 4.78 is 15.3. The Kier molecular flexibility index (Phi) is 11.5. The fourth-order valence-corrected chi connectivity index (χ4v) is 16.8. The van der Waals surface area contributed by atoms with Crippen molar-refractivity contribution in [2.24, 2.45) is 0 Å². The Morgan fingerprint density at radius 1 is 0.676 bits per heavy atom. The minimum Gasteiger partial charge on any atom is -0.414 e. The van der Waals surface area contributed by atoms with E-state index in [0.29, 0.717) is 0 Å². The molecule has 0 aliphatic heterocycles. The number of benzene rings is 2. The highest BCUT2D eigenvalue weighted by atomic mass is 28.4. The van der Waals surface area contributed by atoms with E-state index >= 15 is 0 Å². The van der Waals surface area contributed by atoms with Crippen LogP contribution in [0.25, 0.3) is 0 Å². The zero-order valence-electron chi connectivity index (χ0n) is 23.2. The van der Waals surface area contributed by atoms with E-state index in [1.54, 1.807) is 0 Å². The van der Waals surface area contributed by atoms with Crippen molar-refractivity contribution in [1.29, 1.82) is 0 Å². The van der Waals surface area contributed by atoms with Crippen LogP contribution in [0.3, 0.4) is 0 Å². The molecule has 0 N–H and O–H groups in total. The minimum atomic E-state index is -2.84. The van der Waals surface area contributed by atoms with Crippen LogP contribution in [-0.4, -0.2) is 36.6 Å². The summed E-state index contributed by atoms with van der Waals surface area (Å²) in [5.41, 5.74) is 0. The molecule has 1 unspecified atom stereocenters. The molecule has 5 heteroatoms. The third kappa shape index (κ3) is 6.04. The van der Waals surface area contributed by atoms with Crippen molar-refractivity contribution in [2.75, 3.05) is 0 Å². The highest BCUT2D eigenvalue weighted by molar-refractivity contribution is 7.00. The second-order valence-electron chi connectivity index (χ2n) is 10.5. The molecule has 1 atom stereocenters. The fourth-order valence-electron chi connectivity index (χ4n) is 6.00. The van der Waals surface area contributed by atoms with Gasteiger partial charge in [-0.2, -0.15) is 0 Å². The van der Waals surface area contributed by atoms with Crippen LogP contribution in [0, 0.1) is 0 Å². The standard InChI is InChI=1S/C29H50O2Si3/c1-9-23-28(24-10-2,32(5)6)31-34(26-19-15-13-16-20-26,27-21-17-14-18-22-27)29(12-4,25-11-3)30-33(7)8/h13-22,32-33H,9-12,23-25H2,1-8H3. The number of hydrogen-bond acceptors (Lipinski definition) is 2. The molecular formula is C29H50O2Si3. The lowest BCUT2D eigenvalue weighted by Gasteiger charge is -2.55. The van der Waals surface area contributed by atoms with Crippen LogP contribution in [0.5, 0.6) is 0 Å². The zero-order chi connectivity index (χ0) is 25.2. The molecule has 0 spiro atoms. The van der Waals surface area contributed by atoms with Crippen molar-refractivity contribution in [3.8, 4) is 0 Å². The smallest absolute Gasteiger partial charge is 0.286 e. The van der Waals surface area contributed by atoms with Gasteiger partial charge in [0.05, 0.1) is 14.0 Å². The molecular weight excluding hydrogens is 465 g/mol. The van der Waals surface area contributed by atoms with Crippen molar-refractivity contribution in [1.82, 2.24) is 0 Å². The molecule has 190 valence electrons. The third-order valence-electron chi connectivity index (χ3n) is 7.44. The molecule has 0 saturated heterocycles. The molecule has 2 aromatic carbocycles. The first-order valence-electron chi connectivity index (χ1n) is 13.8. The van der Waals surface area contributed by atoms with Crippen LogP contribution in [-0.2, 0) is 8.85 Å². The minimum absolute atomic E-state index is 0.0303. The van der Waals surface area contributed by atoms with Gasteiger partial charge in [0.25, 0.3) is 8.32 Å². The topological polar surface area (TPSA) is 18.5 Å². The quantitative estimate of drug-likeness (QED) is 0.249. The van der Waals surface area contributed by atoms with E-state index < -0.39 is 26.2 Å². The lowest BCUT2D eigenvalue weighted by molar-refractivity contribution is 0.0579. The SMILES string of the molecule is CCCC(CCC)(O[Si](c1ccccc1)(c1ccccc1)C(CC)(CCC)O[SiH](C)C)[SiH](C)C. The van der Waals surface area contributed by atoms with Crippen molar-refractivity contribution < 1.29 is 8.85 Å². The Balaban J connectivity index is 3.02. The number of hydrogen-bond donors (Lipinski definition) is 0. The normalized spacial score (nSPS) is 14.5. The second kappa shape index (κ2) is 13.4. The lowest BCUT2D eigenvalue weighted by atomic mass is 10.1. The predicted molar refractivity (Wildman–Crippen MR) is 158 cm³/mol. The molecule has 2 rings (SSSR count). The van der Waals surface area contributed by atoms with E-state index in [-0.39, 0.29) is 10.4 Å². The van der Waals surface area contributed by atoms with Crippen molar-refractivity contribution >= 4 is 36.5 Å². The van der Waals surface area contributed by atoms with Crippen LogP contribution in [0.15, 0.2) is 60.7 Å². The Bertz CT molecular complexity index is 780. The van der Waals surface area contributed by atoms with Gasteiger partial charge in [0.1, 0.15) is 0 Å². The molecule has 0 saturated carbocycles. The Hall–Kier alpha value is -0.989. The van der Waals surface area contributed by atoms with E-state index in [4.69, 9.17) is 8.85 Å². The van der Waals surface area contributed by atoms with Gasteiger partial charge in [-0.25, -0.2) is 0 Å². The summed E-state index contributed by atoms with van der Waals surface area (Å²) in [6.07, 6.45) is 7.72. The van der Waals surface area contributed by atoms with Crippen molar-refractivity contribution in [2.45, 2.75) is 109 Å².